The van der Waals surface area contributed by atoms with E-state index in [1.54, 1.807) is 29.4 Å². The minimum atomic E-state index is -3.07. The molecule has 6 rings (SSSR count). The zero-order valence-corrected chi connectivity index (χ0v) is 24.1. The highest BCUT2D eigenvalue weighted by molar-refractivity contribution is 7.91. The van der Waals surface area contributed by atoms with Crippen LogP contribution < -0.4 is 15.5 Å². The molecule has 0 radical (unpaired) electrons. The number of halogens is 1. The first kappa shape index (κ1) is 27.9. The lowest BCUT2D eigenvalue weighted by Crippen LogP contribution is -2.50. The Kier molecular flexibility index (Phi) is 7.43. The molecule has 0 unspecified atom stereocenters. The van der Waals surface area contributed by atoms with Crippen molar-refractivity contribution in [2.24, 2.45) is 0 Å². The van der Waals surface area contributed by atoms with Gasteiger partial charge >= 0.3 is 5.69 Å². The molecule has 0 bridgehead atoms. The highest BCUT2D eigenvalue weighted by Crippen LogP contribution is 2.32. The molecule has 1 amide bonds. The SMILES string of the molecule is CS(=O)(=O)C1CCN(c2ncc(-c3cc(F)ccc3N3CCN(C(=O)Cn4c(=O)[nH]c5ccccc54)CC3)cn2)CC1. The normalized spacial score (nSPS) is 16.8. The summed E-state index contributed by atoms with van der Waals surface area (Å²) in [4.78, 5) is 43.2. The maximum absolute atomic E-state index is 14.4. The molecule has 0 spiro atoms. The van der Waals surface area contributed by atoms with Crippen molar-refractivity contribution in [2.75, 3.05) is 55.3 Å². The summed E-state index contributed by atoms with van der Waals surface area (Å²) in [7, 11) is -3.07. The Morgan fingerprint density at radius 3 is 2.36 bits per heavy atom. The van der Waals surface area contributed by atoms with E-state index in [1.165, 1.54) is 23.0 Å². The smallest absolute Gasteiger partial charge is 0.326 e. The number of nitrogens with zero attached hydrogens (tertiary/aromatic N) is 6. The van der Waals surface area contributed by atoms with E-state index < -0.39 is 9.84 Å². The van der Waals surface area contributed by atoms with Crippen LogP contribution in [0.15, 0.2) is 59.7 Å². The maximum atomic E-state index is 14.4. The average molecular weight is 594 g/mol. The number of hydrogen-bond acceptors (Lipinski definition) is 8. The number of amides is 1. The molecule has 13 heteroatoms. The van der Waals surface area contributed by atoms with Crippen molar-refractivity contribution in [1.82, 2.24) is 24.4 Å². The Hall–Kier alpha value is -4.26. The number of rotatable bonds is 6. The third-order valence-electron chi connectivity index (χ3n) is 8.19. The second-order valence-electron chi connectivity index (χ2n) is 10.9. The van der Waals surface area contributed by atoms with Gasteiger partial charge in [-0.3, -0.25) is 9.36 Å². The van der Waals surface area contributed by atoms with E-state index in [0.717, 1.165) is 5.69 Å². The van der Waals surface area contributed by atoms with Crippen molar-refractivity contribution in [3.8, 4) is 11.1 Å². The molecule has 4 heterocycles. The average Bonchev–Trinajstić information content (AvgIpc) is 3.31. The number of aromatic nitrogens is 4. The number of para-hydroxylation sites is 2. The number of nitrogens with one attached hydrogen (secondary N) is 1. The van der Waals surface area contributed by atoms with Gasteiger partial charge in [-0.05, 0) is 43.2 Å². The Morgan fingerprint density at radius 1 is 0.976 bits per heavy atom. The van der Waals surface area contributed by atoms with Crippen molar-refractivity contribution < 1.29 is 17.6 Å². The topological polar surface area (TPSA) is 124 Å². The molecule has 0 aliphatic carbocycles. The Bertz CT molecular complexity index is 1770. The van der Waals surface area contributed by atoms with E-state index in [4.69, 9.17) is 0 Å². The van der Waals surface area contributed by atoms with E-state index in [9.17, 15) is 22.4 Å². The van der Waals surface area contributed by atoms with Gasteiger partial charge in [-0.15, -0.1) is 0 Å². The molecular weight excluding hydrogens is 561 g/mol. The molecule has 2 saturated heterocycles. The summed E-state index contributed by atoms with van der Waals surface area (Å²) < 4.78 is 39.6. The number of anilines is 2. The molecule has 11 nitrogen and oxygen atoms in total. The van der Waals surface area contributed by atoms with Crippen molar-refractivity contribution in [1.29, 1.82) is 0 Å². The molecule has 4 aromatic rings. The number of carbonyl (C=O) groups excluding carboxylic acids is 1. The number of piperidine rings is 1. The molecule has 0 saturated carbocycles. The van der Waals surface area contributed by atoms with Crippen molar-refractivity contribution in [3.05, 3.63) is 71.2 Å². The lowest BCUT2D eigenvalue weighted by molar-refractivity contribution is -0.132. The minimum absolute atomic E-state index is 0.0414. The van der Waals surface area contributed by atoms with Crippen LogP contribution >= 0.6 is 0 Å². The van der Waals surface area contributed by atoms with E-state index in [-0.39, 0.29) is 29.2 Å². The molecule has 2 aliphatic rings. The number of fused-ring (bicyclic) bond motifs is 1. The van der Waals surface area contributed by atoms with Gasteiger partial charge in [0.1, 0.15) is 22.2 Å². The van der Waals surface area contributed by atoms with Gasteiger partial charge in [-0.1, -0.05) is 12.1 Å². The van der Waals surface area contributed by atoms with E-state index in [1.807, 2.05) is 23.1 Å². The number of sulfone groups is 1. The van der Waals surface area contributed by atoms with Gasteiger partial charge in [0.25, 0.3) is 0 Å². The van der Waals surface area contributed by atoms with Gasteiger partial charge in [0.15, 0.2) is 0 Å². The van der Waals surface area contributed by atoms with Crippen LogP contribution in [0.4, 0.5) is 16.0 Å². The maximum Gasteiger partial charge on any atom is 0.326 e. The molecule has 0 atom stereocenters. The fraction of sp³-hybridized carbons (Fsp3) is 0.379. The van der Waals surface area contributed by atoms with Gasteiger partial charge in [-0.2, -0.15) is 0 Å². The van der Waals surface area contributed by atoms with Crippen LogP contribution in [0.2, 0.25) is 0 Å². The molecular formula is C29H32FN7O4S. The lowest BCUT2D eigenvalue weighted by atomic mass is 10.0. The fourth-order valence-electron chi connectivity index (χ4n) is 5.82. The van der Waals surface area contributed by atoms with Crippen LogP contribution in [0.1, 0.15) is 12.8 Å². The number of carbonyl (C=O) groups is 1. The zero-order chi connectivity index (χ0) is 29.4. The molecule has 42 heavy (non-hydrogen) atoms. The Labute approximate surface area is 242 Å². The third-order valence-corrected chi connectivity index (χ3v) is 9.87. The molecule has 2 aliphatic heterocycles. The van der Waals surface area contributed by atoms with Crippen molar-refractivity contribution in [2.45, 2.75) is 24.6 Å². The standard InChI is InChI=1S/C29H32FN7O4S/c1-42(40,41)22-8-10-36(11-9-22)28-31-17-20(18-32-28)23-16-21(30)6-7-25(23)34-12-14-35(15-13-34)27(38)19-37-26-5-3-2-4-24(26)33-29(37)39/h2-7,16-18,22H,8-15,19H2,1H3,(H,33,39). The number of benzene rings is 2. The second kappa shape index (κ2) is 11.2. The first-order valence-corrected chi connectivity index (χ1v) is 15.9. The van der Waals surface area contributed by atoms with Gasteiger partial charge in [0.2, 0.25) is 11.9 Å². The highest BCUT2D eigenvalue weighted by Gasteiger charge is 2.28. The first-order valence-electron chi connectivity index (χ1n) is 13.9. The van der Waals surface area contributed by atoms with Crippen LogP contribution in [0, 0.1) is 5.82 Å². The van der Waals surface area contributed by atoms with E-state index >= 15 is 0 Å². The number of imidazole rings is 1. The van der Waals surface area contributed by atoms with Crippen LogP contribution in [-0.2, 0) is 21.2 Å². The summed E-state index contributed by atoms with van der Waals surface area (Å²) in [5.74, 6) is 0.00846. The Balaban J connectivity index is 1.13. The molecule has 2 aromatic carbocycles. The summed E-state index contributed by atoms with van der Waals surface area (Å²) in [5.41, 5.74) is 3.21. The molecule has 1 N–H and O–H groups in total. The van der Waals surface area contributed by atoms with E-state index in [2.05, 4.69) is 19.9 Å². The molecule has 2 aromatic heterocycles. The largest absolute Gasteiger partial charge is 0.367 e. The summed E-state index contributed by atoms with van der Waals surface area (Å²) in [6, 6.07) is 11.9. The van der Waals surface area contributed by atoms with Crippen LogP contribution in [0.25, 0.3) is 22.2 Å². The fourth-order valence-corrected chi connectivity index (χ4v) is 6.89. The summed E-state index contributed by atoms with van der Waals surface area (Å²) >= 11 is 0. The highest BCUT2D eigenvalue weighted by atomic mass is 32.2. The van der Waals surface area contributed by atoms with Crippen LogP contribution in [0.3, 0.4) is 0 Å². The Morgan fingerprint density at radius 2 is 1.67 bits per heavy atom. The monoisotopic (exact) mass is 593 g/mol. The lowest BCUT2D eigenvalue weighted by Gasteiger charge is -2.37. The molecule has 2 fully saturated rings. The van der Waals surface area contributed by atoms with Gasteiger partial charge in [-0.25, -0.2) is 27.6 Å². The van der Waals surface area contributed by atoms with Crippen molar-refractivity contribution in [3.63, 3.8) is 0 Å². The predicted molar refractivity (Wildman–Crippen MR) is 159 cm³/mol. The summed E-state index contributed by atoms with van der Waals surface area (Å²) in [6.07, 6.45) is 5.68. The van der Waals surface area contributed by atoms with Gasteiger partial charge in [0.05, 0.1) is 16.3 Å². The van der Waals surface area contributed by atoms with Crippen LogP contribution in [-0.4, -0.2) is 89.5 Å². The summed E-state index contributed by atoms with van der Waals surface area (Å²) in [6.45, 7) is 3.08. The quantitative estimate of drug-likeness (QED) is 0.361. The minimum Gasteiger partial charge on any atom is -0.367 e. The number of H-pyrrole nitrogens is 1. The number of aromatic amines is 1. The zero-order valence-electron chi connectivity index (χ0n) is 23.2. The van der Waals surface area contributed by atoms with Crippen molar-refractivity contribution >= 4 is 38.4 Å². The predicted octanol–water partition coefficient (Wildman–Crippen LogP) is 2.29. The summed E-state index contributed by atoms with van der Waals surface area (Å²) in [5, 5.41) is -0.338. The third kappa shape index (κ3) is 5.60. The number of hydrogen-bond donors (Lipinski definition) is 1. The second-order valence-corrected chi connectivity index (χ2v) is 13.2. The molecule has 220 valence electrons. The van der Waals surface area contributed by atoms with Crippen LogP contribution in [0.5, 0.6) is 0 Å². The van der Waals surface area contributed by atoms with Gasteiger partial charge < -0.3 is 19.7 Å². The number of piperazine rings is 1. The van der Waals surface area contributed by atoms with E-state index in [0.29, 0.717) is 80.2 Å². The first-order chi connectivity index (χ1) is 20.2. The van der Waals surface area contributed by atoms with Gasteiger partial charge in [0, 0.05) is 74.7 Å².